The van der Waals surface area contributed by atoms with E-state index in [0.717, 1.165) is 4.90 Å². The number of benzene rings is 1. The molecule has 0 fully saturated rings. The van der Waals surface area contributed by atoms with Gasteiger partial charge in [0.2, 0.25) is 0 Å². The van der Waals surface area contributed by atoms with Gasteiger partial charge in [0.05, 0.1) is 6.54 Å². The third kappa shape index (κ3) is 7.03. The molecule has 0 saturated carbocycles. The van der Waals surface area contributed by atoms with Gasteiger partial charge in [0.25, 0.3) is 0 Å². The van der Waals surface area contributed by atoms with Crippen molar-refractivity contribution < 1.29 is 23.0 Å². The summed E-state index contributed by atoms with van der Waals surface area (Å²) in [4.78, 5) is 1.14. The van der Waals surface area contributed by atoms with Crippen LogP contribution in [0.5, 0.6) is 5.75 Å². The fraction of sp³-hybridized carbons (Fsp3) is 0.538. The Balaban J connectivity index is 2.35. The predicted octanol–water partition coefficient (Wildman–Crippen LogP) is 2.31. The van der Waals surface area contributed by atoms with Gasteiger partial charge >= 0.3 is 6.18 Å². The van der Waals surface area contributed by atoms with Crippen molar-refractivity contribution in [2.75, 3.05) is 26.2 Å². The van der Waals surface area contributed by atoms with Crippen LogP contribution in [0.15, 0.2) is 30.3 Å². The van der Waals surface area contributed by atoms with Gasteiger partial charge < -0.3 is 9.84 Å². The number of hydrogen-bond donors (Lipinski definition) is 1. The molecule has 0 bridgehead atoms. The topological polar surface area (TPSA) is 32.7 Å². The Morgan fingerprint density at radius 1 is 1.26 bits per heavy atom. The summed E-state index contributed by atoms with van der Waals surface area (Å²) in [5.74, 6) is 0.584. The minimum atomic E-state index is -4.25. The number of rotatable bonds is 7. The highest BCUT2D eigenvalue weighted by Crippen LogP contribution is 2.16. The monoisotopic (exact) mass is 277 g/mol. The van der Waals surface area contributed by atoms with E-state index in [1.54, 1.807) is 31.2 Å². The van der Waals surface area contributed by atoms with Crippen molar-refractivity contribution in [3.63, 3.8) is 0 Å². The molecule has 0 spiro atoms. The summed E-state index contributed by atoms with van der Waals surface area (Å²) in [7, 11) is 0. The number of hydrogen-bond acceptors (Lipinski definition) is 3. The zero-order valence-electron chi connectivity index (χ0n) is 10.7. The molecule has 0 amide bonds. The molecule has 6 heteroatoms. The summed E-state index contributed by atoms with van der Waals surface area (Å²) in [6.07, 6.45) is -5.21. The van der Waals surface area contributed by atoms with Crippen molar-refractivity contribution >= 4 is 0 Å². The Bertz CT molecular complexity index is 357. The van der Waals surface area contributed by atoms with Crippen LogP contribution in [-0.4, -0.2) is 48.5 Å². The maximum Gasteiger partial charge on any atom is 0.401 e. The molecule has 19 heavy (non-hydrogen) atoms. The van der Waals surface area contributed by atoms with Crippen LogP contribution in [0, 0.1) is 0 Å². The van der Waals surface area contributed by atoms with E-state index in [1.165, 1.54) is 0 Å². The first-order valence-corrected chi connectivity index (χ1v) is 6.05. The number of ether oxygens (including phenoxy) is 1. The predicted molar refractivity (Wildman–Crippen MR) is 66.1 cm³/mol. The molecular weight excluding hydrogens is 259 g/mol. The summed E-state index contributed by atoms with van der Waals surface area (Å²) in [6.45, 7) is 0.728. The van der Waals surface area contributed by atoms with E-state index in [4.69, 9.17) is 4.74 Å². The number of para-hydroxylation sites is 1. The number of alkyl halides is 3. The Morgan fingerprint density at radius 3 is 2.42 bits per heavy atom. The smallest absolute Gasteiger partial charge is 0.401 e. The van der Waals surface area contributed by atoms with E-state index in [1.807, 2.05) is 6.07 Å². The lowest BCUT2D eigenvalue weighted by Gasteiger charge is -2.24. The quantitative estimate of drug-likeness (QED) is 0.830. The molecular formula is C13H18F3NO2. The van der Waals surface area contributed by atoms with Crippen LogP contribution in [-0.2, 0) is 0 Å². The normalized spacial score (nSPS) is 13.6. The fourth-order valence-electron chi connectivity index (χ4n) is 1.62. The van der Waals surface area contributed by atoms with Crippen molar-refractivity contribution in [2.45, 2.75) is 19.2 Å². The molecule has 0 saturated heterocycles. The molecule has 1 rings (SSSR count). The van der Waals surface area contributed by atoms with Crippen LogP contribution in [0.2, 0.25) is 0 Å². The average molecular weight is 277 g/mol. The van der Waals surface area contributed by atoms with Crippen molar-refractivity contribution in [2.24, 2.45) is 0 Å². The molecule has 1 aromatic carbocycles. The summed E-state index contributed by atoms with van der Waals surface area (Å²) in [5, 5.41) is 9.67. The molecule has 0 aliphatic rings. The van der Waals surface area contributed by atoms with Crippen LogP contribution in [0.3, 0.4) is 0 Å². The SMILES string of the molecule is CCN(CC(O)COc1ccccc1)CC(F)(F)F. The molecule has 3 nitrogen and oxygen atoms in total. The molecule has 0 aliphatic carbocycles. The van der Waals surface area contributed by atoms with E-state index in [-0.39, 0.29) is 19.7 Å². The third-order valence-corrected chi connectivity index (χ3v) is 2.50. The van der Waals surface area contributed by atoms with E-state index in [2.05, 4.69) is 0 Å². The van der Waals surface area contributed by atoms with Gasteiger partial charge in [0, 0.05) is 6.54 Å². The second kappa shape index (κ2) is 7.35. The van der Waals surface area contributed by atoms with Crippen molar-refractivity contribution in [3.05, 3.63) is 30.3 Å². The van der Waals surface area contributed by atoms with Gasteiger partial charge in [-0.3, -0.25) is 4.90 Å². The highest BCUT2D eigenvalue weighted by molar-refractivity contribution is 5.20. The van der Waals surface area contributed by atoms with Gasteiger partial charge in [-0.15, -0.1) is 0 Å². The number of aliphatic hydroxyl groups excluding tert-OH is 1. The summed E-state index contributed by atoms with van der Waals surface area (Å²) in [6, 6.07) is 8.83. The zero-order valence-corrected chi connectivity index (χ0v) is 10.7. The van der Waals surface area contributed by atoms with Crippen LogP contribution in [0.4, 0.5) is 13.2 Å². The van der Waals surface area contributed by atoms with Gasteiger partial charge in [-0.25, -0.2) is 0 Å². The van der Waals surface area contributed by atoms with Crippen LogP contribution in [0.25, 0.3) is 0 Å². The fourth-order valence-corrected chi connectivity index (χ4v) is 1.62. The molecule has 0 radical (unpaired) electrons. The van der Waals surface area contributed by atoms with Crippen LogP contribution in [0.1, 0.15) is 6.92 Å². The first kappa shape index (κ1) is 15.8. The van der Waals surface area contributed by atoms with Gasteiger partial charge in [0.1, 0.15) is 18.5 Å². The largest absolute Gasteiger partial charge is 0.491 e. The van der Waals surface area contributed by atoms with Crippen LogP contribution >= 0.6 is 0 Å². The number of halogens is 3. The Labute approximate surface area is 110 Å². The lowest BCUT2D eigenvalue weighted by Crippen LogP contribution is -2.40. The van der Waals surface area contributed by atoms with E-state index in [0.29, 0.717) is 5.75 Å². The van der Waals surface area contributed by atoms with Crippen LogP contribution < -0.4 is 4.74 Å². The summed E-state index contributed by atoms with van der Waals surface area (Å²) in [5.41, 5.74) is 0. The van der Waals surface area contributed by atoms with Crippen molar-refractivity contribution in [1.82, 2.24) is 4.90 Å². The maximum absolute atomic E-state index is 12.2. The molecule has 1 unspecified atom stereocenters. The number of aliphatic hydroxyl groups is 1. The highest BCUT2D eigenvalue weighted by Gasteiger charge is 2.30. The highest BCUT2D eigenvalue weighted by atomic mass is 19.4. The van der Waals surface area contributed by atoms with Gasteiger partial charge in [-0.1, -0.05) is 25.1 Å². The van der Waals surface area contributed by atoms with Gasteiger partial charge in [0.15, 0.2) is 0 Å². The Kier molecular flexibility index (Phi) is 6.11. The standard InChI is InChI=1S/C13H18F3NO2/c1-2-17(10-13(14,15)16)8-11(18)9-19-12-6-4-3-5-7-12/h3-7,11,18H,2,8-10H2,1H3. The van der Waals surface area contributed by atoms with E-state index in [9.17, 15) is 18.3 Å². The molecule has 0 aromatic heterocycles. The second-order valence-electron chi connectivity index (χ2n) is 4.22. The lowest BCUT2D eigenvalue weighted by atomic mass is 10.3. The summed E-state index contributed by atoms with van der Waals surface area (Å²) >= 11 is 0. The average Bonchev–Trinajstić information content (AvgIpc) is 2.35. The van der Waals surface area contributed by atoms with Gasteiger partial charge in [-0.05, 0) is 18.7 Å². The molecule has 108 valence electrons. The molecule has 0 heterocycles. The first-order valence-electron chi connectivity index (χ1n) is 6.05. The van der Waals surface area contributed by atoms with Crippen molar-refractivity contribution in [3.8, 4) is 5.75 Å². The zero-order chi connectivity index (χ0) is 14.3. The second-order valence-corrected chi connectivity index (χ2v) is 4.22. The Hall–Kier alpha value is -1.27. The molecule has 1 atom stereocenters. The van der Waals surface area contributed by atoms with Crippen molar-refractivity contribution in [1.29, 1.82) is 0 Å². The minimum Gasteiger partial charge on any atom is -0.491 e. The number of likely N-dealkylation sites (N-methyl/N-ethyl adjacent to an activating group) is 1. The number of nitrogens with zero attached hydrogens (tertiary/aromatic N) is 1. The minimum absolute atomic E-state index is 0.0294. The molecule has 0 aliphatic heterocycles. The van der Waals surface area contributed by atoms with E-state index < -0.39 is 18.8 Å². The van der Waals surface area contributed by atoms with Gasteiger partial charge in [-0.2, -0.15) is 13.2 Å². The lowest BCUT2D eigenvalue weighted by molar-refractivity contribution is -0.148. The van der Waals surface area contributed by atoms with E-state index >= 15 is 0 Å². The molecule has 1 aromatic rings. The Morgan fingerprint density at radius 2 is 1.89 bits per heavy atom. The first-order chi connectivity index (χ1) is 8.90. The molecule has 1 N–H and O–H groups in total. The summed E-state index contributed by atoms with van der Waals surface area (Å²) < 4.78 is 42.0. The maximum atomic E-state index is 12.2. The third-order valence-electron chi connectivity index (χ3n) is 2.50.